The molecule has 3 heterocycles. The molecule has 2 unspecified atom stereocenters. The van der Waals surface area contributed by atoms with Gasteiger partial charge in [0.1, 0.15) is 34.7 Å². The van der Waals surface area contributed by atoms with Crippen LogP contribution >= 0.6 is 11.3 Å². The monoisotopic (exact) mass is 837 g/mol. The van der Waals surface area contributed by atoms with Gasteiger partial charge in [-0.1, -0.05) is 36.4 Å². The Hall–Kier alpha value is -5.52. The number of hydrogen-bond acceptors (Lipinski definition) is 9. The summed E-state index contributed by atoms with van der Waals surface area (Å²) in [6, 6.07) is 18.4. The molecule has 1 aliphatic heterocycles. The van der Waals surface area contributed by atoms with Crippen LogP contribution in [0.1, 0.15) is 50.1 Å². The average molecular weight is 838 g/mol. The van der Waals surface area contributed by atoms with Gasteiger partial charge in [0, 0.05) is 44.4 Å². The van der Waals surface area contributed by atoms with Gasteiger partial charge in [0.2, 0.25) is 0 Å². The van der Waals surface area contributed by atoms with Gasteiger partial charge >= 0.3 is 12.2 Å². The fraction of sp³-hybridized carbons (Fsp3) is 0.317. The average Bonchev–Trinajstić information content (AvgIpc) is 3.63. The van der Waals surface area contributed by atoms with Crippen molar-refractivity contribution in [2.45, 2.75) is 62.5 Å². The second kappa shape index (κ2) is 17.1. The number of pyridine rings is 1. The molecule has 2 atom stereocenters. The minimum absolute atomic E-state index is 0.117. The number of rotatable bonds is 11. The molecule has 1 N–H and O–H groups in total. The van der Waals surface area contributed by atoms with Gasteiger partial charge in [-0.15, -0.1) is 11.3 Å². The minimum atomic E-state index is -4.92. The van der Waals surface area contributed by atoms with Gasteiger partial charge in [-0.25, -0.2) is 45.5 Å². The Kier molecular flexibility index (Phi) is 12.4. The first-order valence-electron chi connectivity index (χ1n) is 18.2. The molecule has 0 aliphatic carbocycles. The van der Waals surface area contributed by atoms with Crippen LogP contribution in [-0.2, 0) is 25.9 Å². The number of halogens is 3. The number of sulfonamides is 1. The second-order valence-corrected chi connectivity index (χ2v) is 17.6. The first-order chi connectivity index (χ1) is 27.5. The highest BCUT2D eigenvalue weighted by Gasteiger charge is 2.36. The van der Waals surface area contributed by atoms with E-state index >= 15 is 4.39 Å². The third kappa shape index (κ3) is 9.11. The maximum atomic E-state index is 17.1. The largest absolute Gasteiger partial charge is 0.465 e. The topological polar surface area (TPSA) is 142 Å². The summed E-state index contributed by atoms with van der Waals surface area (Å²) >= 11 is 1.26. The highest BCUT2D eigenvalue weighted by Crippen LogP contribution is 2.45. The zero-order chi connectivity index (χ0) is 41.9. The molecule has 12 nitrogen and oxygen atoms in total. The van der Waals surface area contributed by atoms with Crippen LogP contribution in [0.3, 0.4) is 0 Å². The molecule has 306 valence electrons. The van der Waals surface area contributed by atoms with E-state index in [4.69, 9.17) is 14.5 Å². The first-order valence-corrected chi connectivity index (χ1v) is 20.5. The number of benzene rings is 3. The van der Waals surface area contributed by atoms with Crippen LogP contribution in [0.5, 0.6) is 0 Å². The van der Waals surface area contributed by atoms with Crippen LogP contribution < -0.4 is 9.21 Å². The van der Waals surface area contributed by atoms with Crippen molar-refractivity contribution < 1.29 is 45.8 Å². The number of ether oxygens (including phenoxy) is 2. The van der Waals surface area contributed by atoms with Crippen LogP contribution in [0.25, 0.3) is 21.7 Å². The maximum Gasteiger partial charge on any atom is 0.415 e. The van der Waals surface area contributed by atoms with Crippen LogP contribution in [0.2, 0.25) is 0 Å². The molecule has 6 rings (SSSR count). The van der Waals surface area contributed by atoms with Crippen LogP contribution in [0.4, 0.5) is 34.3 Å². The van der Waals surface area contributed by atoms with Gasteiger partial charge in [-0.3, -0.25) is 4.90 Å². The number of methoxy groups -OCH3 is 1. The van der Waals surface area contributed by atoms with E-state index in [9.17, 15) is 31.9 Å². The van der Waals surface area contributed by atoms with Crippen LogP contribution in [0.15, 0.2) is 90.0 Å². The van der Waals surface area contributed by atoms with Crippen LogP contribution in [0, 0.1) is 17.5 Å². The molecule has 58 heavy (non-hydrogen) atoms. The lowest BCUT2D eigenvalue weighted by Gasteiger charge is -2.37. The van der Waals surface area contributed by atoms with Crippen molar-refractivity contribution in [3.63, 3.8) is 0 Å². The third-order valence-electron chi connectivity index (χ3n) is 9.50. The van der Waals surface area contributed by atoms with E-state index in [2.05, 4.69) is 4.98 Å². The first kappa shape index (κ1) is 42.1. The number of amides is 2. The standard InChI is InChI=1S/C41H42F3N5O7S2/c1-41(2,3)56-40(52)47(4)34-22-26(16-18-45-34)37-36(46-38(57-37)27-17-19-48(39(50)51)29(21-27)20-25-10-7-6-8-11-25)30-12-9-13-32(35(30)44)49(24-55-5)58(53,54)33-23-28(42)14-15-31(33)43/h6-16,18,22-23,27,29H,17,19-21,24H2,1-5H3,(H,50,51). The Bertz CT molecular complexity index is 2410. The van der Waals surface area contributed by atoms with E-state index < -0.39 is 62.6 Å². The fourth-order valence-electron chi connectivity index (χ4n) is 6.74. The Morgan fingerprint density at radius 1 is 1.02 bits per heavy atom. The summed E-state index contributed by atoms with van der Waals surface area (Å²) in [5, 5.41) is 10.7. The molecule has 0 spiro atoms. The number of anilines is 2. The molecule has 0 bridgehead atoms. The molecule has 1 saturated heterocycles. The Labute approximate surface area is 338 Å². The summed E-state index contributed by atoms with van der Waals surface area (Å²) in [5.41, 5.74) is 0.171. The van der Waals surface area contributed by atoms with Gasteiger partial charge < -0.3 is 19.5 Å². The Morgan fingerprint density at radius 3 is 2.45 bits per heavy atom. The Morgan fingerprint density at radius 2 is 1.76 bits per heavy atom. The lowest BCUT2D eigenvalue weighted by atomic mass is 9.88. The lowest BCUT2D eigenvalue weighted by molar-refractivity contribution is 0.0588. The van der Waals surface area contributed by atoms with E-state index in [0.29, 0.717) is 51.1 Å². The smallest absolute Gasteiger partial charge is 0.415 e. The molecule has 5 aromatic rings. The second-order valence-electron chi connectivity index (χ2n) is 14.7. The molecule has 0 saturated carbocycles. The summed E-state index contributed by atoms with van der Waals surface area (Å²) in [5.74, 6) is -3.33. The van der Waals surface area contributed by atoms with Crippen molar-refractivity contribution in [2.75, 3.05) is 36.6 Å². The normalized spacial score (nSPS) is 15.9. The summed E-state index contributed by atoms with van der Waals surface area (Å²) in [7, 11) is -2.25. The Balaban J connectivity index is 1.48. The van der Waals surface area contributed by atoms with Gasteiger partial charge in [0.25, 0.3) is 10.0 Å². The lowest BCUT2D eigenvalue weighted by Crippen LogP contribution is -2.46. The molecule has 1 aliphatic rings. The van der Waals surface area contributed by atoms with Gasteiger partial charge in [0.05, 0.1) is 21.3 Å². The van der Waals surface area contributed by atoms with E-state index in [1.807, 2.05) is 30.3 Å². The number of carbonyl (C=O) groups is 2. The van der Waals surface area contributed by atoms with E-state index in [0.717, 1.165) is 11.6 Å². The highest BCUT2D eigenvalue weighted by molar-refractivity contribution is 7.92. The number of carbonyl (C=O) groups excluding carboxylic acids is 1. The summed E-state index contributed by atoms with van der Waals surface area (Å²) in [4.78, 5) is 36.8. The highest BCUT2D eigenvalue weighted by atomic mass is 32.2. The summed E-state index contributed by atoms with van der Waals surface area (Å²) in [6.07, 6.45) is 1.08. The maximum absolute atomic E-state index is 17.1. The number of likely N-dealkylation sites (tertiary alicyclic amines) is 1. The van der Waals surface area contributed by atoms with Crippen molar-refractivity contribution in [2.24, 2.45) is 0 Å². The van der Waals surface area contributed by atoms with E-state index in [1.54, 1.807) is 32.9 Å². The number of carboxylic acid groups (broad SMARTS) is 1. The third-order valence-corrected chi connectivity index (χ3v) is 12.5. The van der Waals surface area contributed by atoms with E-state index in [1.165, 1.54) is 59.7 Å². The van der Waals surface area contributed by atoms with Gasteiger partial charge in [-0.05, 0) is 93.6 Å². The van der Waals surface area contributed by atoms with Crippen molar-refractivity contribution in [1.82, 2.24) is 14.9 Å². The summed E-state index contributed by atoms with van der Waals surface area (Å²) in [6.45, 7) is 4.68. The predicted molar refractivity (Wildman–Crippen MR) is 214 cm³/mol. The number of aromatic nitrogens is 2. The number of thiazole rings is 1. The van der Waals surface area contributed by atoms with Crippen molar-refractivity contribution in [1.29, 1.82) is 0 Å². The number of nitrogens with zero attached hydrogens (tertiary/aromatic N) is 5. The molecule has 0 radical (unpaired) electrons. The molecule has 2 aromatic heterocycles. The predicted octanol–water partition coefficient (Wildman–Crippen LogP) is 8.93. The molecule has 17 heteroatoms. The SMILES string of the molecule is COCN(c1cccc(-c2nc(C3CCN(C(=O)O)C(Cc4ccccc4)C3)sc2-c2ccnc(N(C)C(=O)OC(C)(C)C)c2)c1F)S(=O)(=O)c1cc(F)ccc1F. The molecular weight excluding hydrogens is 796 g/mol. The minimum Gasteiger partial charge on any atom is -0.465 e. The fourth-order valence-corrected chi connectivity index (χ4v) is 9.42. The number of hydrogen-bond donors (Lipinski definition) is 1. The quantitative estimate of drug-likeness (QED) is 0.129. The molecular formula is C41H42F3N5O7S2. The van der Waals surface area contributed by atoms with Crippen molar-refractivity contribution in [3.05, 3.63) is 113 Å². The zero-order valence-electron chi connectivity index (χ0n) is 32.4. The number of piperidine rings is 1. The van der Waals surface area contributed by atoms with Gasteiger partial charge in [-0.2, -0.15) is 0 Å². The van der Waals surface area contributed by atoms with Crippen molar-refractivity contribution in [3.8, 4) is 21.7 Å². The molecule has 1 fully saturated rings. The van der Waals surface area contributed by atoms with Crippen LogP contribution in [-0.4, -0.2) is 79.7 Å². The summed E-state index contributed by atoms with van der Waals surface area (Å²) < 4.78 is 85.1. The molecule has 3 aromatic carbocycles. The van der Waals surface area contributed by atoms with Crippen molar-refractivity contribution >= 4 is 45.1 Å². The van der Waals surface area contributed by atoms with Gasteiger partial charge in [0.15, 0.2) is 5.82 Å². The zero-order valence-corrected chi connectivity index (χ0v) is 34.0. The van der Waals surface area contributed by atoms with E-state index in [-0.39, 0.29) is 35.6 Å². The molecule has 2 amide bonds.